The number of carbonyl (C=O) groups is 2. The summed E-state index contributed by atoms with van der Waals surface area (Å²) in [6.07, 6.45) is 2.00. The van der Waals surface area contributed by atoms with Crippen LogP contribution in [0.3, 0.4) is 0 Å². The Morgan fingerprint density at radius 2 is 1.88 bits per heavy atom. The van der Waals surface area contributed by atoms with Gasteiger partial charge in [0.1, 0.15) is 0 Å². The van der Waals surface area contributed by atoms with Crippen molar-refractivity contribution in [3.63, 3.8) is 0 Å². The van der Waals surface area contributed by atoms with Gasteiger partial charge in [0.2, 0.25) is 0 Å². The molecule has 2 aromatic rings. The van der Waals surface area contributed by atoms with Crippen molar-refractivity contribution in [3.8, 4) is 0 Å². The lowest BCUT2D eigenvalue weighted by Gasteiger charge is -2.14. The molecule has 136 valence electrons. The molecule has 1 heterocycles. The maximum atomic E-state index is 12.5. The monoisotopic (exact) mass is 392 g/mol. The fourth-order valence-corrected chi connectivity index (χ4v) is 3.25. The largest absolute Gasteiger partial charge is 0.376 e. The van der Waals surface area contributed by atoms with Gasteiger partial charge in [-0.05, 0) is 43.2 Å². The lowest BCUT2D eigenvalue weighted by Crippen LogP contribution is -2.32. The predicted octanol–water partition coefficient (Wildman–Crippen LogP) is 4.15. The van der Waals surface area contributed by atoms with E-state index in [9.17, 15) is 9.59 Å². The molecule has 1 aliphatic rings. The van der Waals surface area contributed by atoms with Gasteiger partial charge in [-0.3, -0.25) is 9.59 Å². The Hall–Kier alpha value is -2.08. The van der Waals surface area contributed by atoms with Crippen LogP contribution in [0.15, 0.2) is 42.5 Å². The number of anilines is 1. The van der Waals surface area contributed by atoms with Crippen LogP contribution in [0.2, 0.25) is 10.0 Å². The van der Waals surface area contributed by atoms with Gasteiger partial charge >= 0.3 is 0 Å². The standard InChI is InChI=1S/C19H18Cl2N2O3/c20-12-7-8-14(16(21)10-12)19(25)23-17-6-2-1-5-15(17)18(24)22-11-13-4-3-9-26-13/h1-2,5-8,10,13H,3-4,9,11H2,(H,22,24)(H,23,25)/t13-/m0/s1. The molecule has 1 saturated heterocycles. The first-order chi connectivity index (χ1) is 12.5. The first-order valence-corrected chi connectivity index (χ1v) is 9.05. The number of rotatable bonds is 5. The second-order valence-electron chi connectivity index (χ2n) is 5.97. The number of hydrogen-bond donors (Lipinski definition) is 2. The van der Waals surface area contributed by atoms with Crippen LogP contribution in [0, 0.1) is 0 Å². The lowest BCUT2D eigenvalue weighted by atomic mass is 10.1. The highest BCUT2D eigenvalue weighted by Gasteiger charge is 2.19. The molecule has 0 radical (unpaired) electrons. The van der Waals surface area contributed by atoms with Crippen molar-refractivity contribution in [1.29, 1.82) is 0 Å². The Morgan fingerprint density at radius 3 is 2.62 bits per heavy atom. The van der Waals surface area contributed by atoms with Gasteiger partial charge in [0, 0.05) is 18.2 Å². The molecular weight excluding hydrogens is 375 g/mol. The molecule has 0 aliphatic carbocycles. The molecule has 5 nitrogen and oxygen atoms in total. The first-order valence-electron chi connectivity index (χ1n) is 8.30. The molecule has 0 bridgehead atoms. The van der Waals surface area contributed by atoms with E-state index in [1.54, 1.807) is 36.4 Å². The van der Waals surface area contributed by atoms with E-state index in [2.05, 4.69) is 10.6 Å². The van der Waals surface area contributed by atoms with Crippen molar-refractivity contribution in [1.82, 2.24) is 5.32 Å². The fraction of sp³-hybridized carbons (Fsp3) is 0.263. The minimum atomic E-state index is -0.411. The predicted molar refractivity (Wildman–Crippen MR) is 102 cm³/mol. The maximum Gasteiger partial charge on any atom is 0.257 e. The second kappa shape index (κ2) is 8.54. The highest BCUT2D eigenvalue weighted by atomic mass is 35.5. The molecule has 2 amide bonds. The molecular formula is C19H18Cl2N2O3. The van der Waals surface area contributed by atoms with E-state index >= 15 is 0 Å². The highest BCUT2D eigenvalue weighted by molar-refractivity contribution is 6.37. The van der Waals surface area contributed by atoms with E-state index < -0.39 is 5.91 Å². The number of amides is 2. The molecule has 3 rings (SSSR count). The van der Waals surface area contributed by atoms with Crippen molar-refractivity contribution >= 4 is 40.7 Å². The highest BCUT2D eigenvalue weighted by Crippen LogP contribution is 2.23. The van der Waals surface area contributed by atoms with Crippen molar-refractivity contribution in [2.45, 2.75) is 18.9 Å². The number of halogens is 2. The van der Waals surface area contributed by atoms with E-state index in [0.717, 1.165) is 19.4 Å². The SMILES string of the molecule is O=C(Nc1ccccc1C(=O)NC[C@@H]1CCCO1)c1ccc(Cl)cc1Cl. The molecule has 1 atom stereocenters. The van der Waals surface area contributed by atoms with E-state index in [1.807, 2.05) is 0 Å². The van der Waals surface area contributed by atoms with Crippen LogP contribution in [-0.4, -0.2) is 31.1 Å². The molecule has 1 aliphatic heterocycles. The maximum absolute atomic E-state index is 12.5. The Kier molecular flexibility index (Phi) is 6.14. The van der Waals surface area contributed by atoms with Gasteiger partial charge in [0.25, 0.3) is 11.8 Å². The summed E-state index contributed by atoms with van der Waals surface area (Å²) in [6, 6.07) is 11.4. The summed E-state index contributed by atoms with van der Waals surface area (Å²) in [5.74, 6) is -0.676. The smallest absolute Gasteiger partial charge is 0.257 e. The van der Waals surface area contributed by atoms with Gasteiger partial charge in [-0.15, -0.1) is 0 Å². The summed E-state index contributed by atoms with van der Waals surface area (Å²) < 4.78 is 5.50. The van der Waals surface area contributed by atoms with E-state index in [0.29, 0.717) is 22.8 Å². The zero-order valence-electron chi connectivity index (χ0n) is 13.9. The number of carbonyl (C=O) groups excluding carboxylic acids is 2. The van der Waals surface area contributed by atoms with Gasteiger partial charge < -0.3 is 15.4 Å². The van der Waals surface area contributed by atoms with E-state index in [-0.39, 0.29) is 22.6 Å². The Bertz CT molecular complexity index is 820. The second-order valence-corrected chi connectivity index (χ2v) is 6.81. The molecule has 26 heavy (non-hydrogen) atoms. The zero-order chi connectivity index (χ0) is 18.5. The topological polar surface area (TPSA) is 67.4 Å². The Morgan fingerprint density at radius 1 is 1.08 bits per heavy atom. The van der Waals surface area contributed by atoms with Crippen LogP contribution in [0.25, 0.3) is 0 Å². The molecule has 0 saturated carbocycles. The van der Waals surface area contributed by atoms with E-state index in [1.165, 1.54) is 6.07 Å². The van der Waals surface area contributed by atoms with Crippen LogP contribution < -0.4 is 10.6 Å². The molecule has 1 fully saturated rings. The number of hydrogen-bond acceptors (Lipinski definition) is 3. The number of benzene rings is 2. The van der Waals surface area contributed by atoms with Gasteiger partial charge in [-0.1, -0.05) is 35.3 Å². The van der Waals surface area contributed by atoms with Crippen LogP contribution in [0.4, 0.5) is 5.69 Å². The Labute approximate surface area is 161 Å². The number of nitrogens with one attached hydrogen (secondary N) is 2. The van der Waals surface area contributed by atoms with Crippen LogP contribution in [0.1, 0.15) is 33.6 Å². The molecule has 2 N–H and O–H groups in total. The van der Waals surface area contributed by atoms with Crippen molar-refractivity contribution < 1.29 is 14.3 Å². The first kappa shape index (κ1) is 18.7. The summed E-state index contributed by atoms with van der Waals surface area (Å²) >= 11 is 11.9. The zero-order valence-corrected chi connectivity index (χ0v) is 15.4. The van der Waals surface area contributed by atoms with Crippen LogP contribution in [-0.2, 0) is 4.74 Å². The van der Waals surface area contributed by atoms with E-state index in [4.69, 9.17) is 27.9 Å². The quantitative estimate of drug-likeness (QED) is 0.802. The van der Waals surface area contributed by atoms with Crippen LogP contribution in [0.5, 0.6) is 0 Å². The molecule has 0 unspecified atom stereocenters. The van der Waals surface area contributed by atoms with Gasteiger partial charge in [0.15, 0.2) is 0 Å². The van der Waals surface area contributed by atoms with Crippen molar-refractivity contribution in [3.05, 3.63) is 63.6 Å². The third-order valence-corrected chi connectivity index (χ3v) is 4.66. The van der Waals surface area contributed by atoms with Gasteiger partial charge in [0.05, 0.1) is 27.9 Å². The minimum Gasteiger partial charge on any atom is -0.376 e. The van der Waals surface area contributed by atoms with Gasteiger partial charge in [-0.2, -0.15) is 0 Å². The summed E-state index contributed by atoms with van der Waals surface area (Å²) in [7, 11) is 0. The fourth-order valence-electron chi connectivity index (χ4n) is 2.76. The van der Waals surface area contributed by atoms with Crippen molar-refractivity contribution in [2.75, 3.05) is 18.5 Å². The summed E-state index contributed by atoms with van der Waals surface area (Å²) in [6.45, 7) is 1.18. The molecule has 0 aromatic heterocycles. The summed E-state index contributed by atoms with van der Waals surface area (Å²) in [5.41, 5.74) is 1.07. The lowest BCUT2D eigenvalue weighted by molar-refractivity contribution is 0.0858. The average Bonchev–Trinajstić information content (AvgIpc) is 3.13. The third kappa shape index (κ3) is 4.55. The Balaban J connectivity index is 1.71. The average molecular weight is 393 g/mol. The van der Waals surface area contributed by atoms with Crippen molar-refractivity contribution in [2.24, 2.45) is 0 Å². The summed E-state index contributed by atoms with van der Waals surface area (Å²) in [4.78, 5) is 25.0. The number of para-hydroxylation sites is 1. The molecule has 2 aromatic carbocycles. The third-order valence-electron chi connectivity index (χ3n) is 4.11. The number of ether oxygens (including phenoxy) is 1. The molecule has 0 spiro atoms. The minimum absolute atomic E-state index is 0.0496. The van der Waals surface area contributed by atoms with Crippen LogP contribution >= 0.6 is 23.2 Å². The van der Waals surface area contributed by atoms with Gasteiger partial charge in [-0.25, -0.2) is 0 Å². The summed E-state index contributed by atoms with van der Waals surface area (Å²) in [5, 5.41) is 6.28. The molecule has 7 heteroatoms. The normalized spacial score (nSPS) is 16.3.